The Bertz CT molecular complexity index is 997. The lowest BCUT2D eigenvalue weighted by molar-refractivity contribution is -0.127. The van der Waals surface area contributed by atoms with E-state index in [0.717, 1.165) is 11.3 Å². The number of pyridine rings is 1. The fourth-order valence-electron chi connectivity index (χ4n) is 5.84. The maximum absolute atomic E-state index is 13.3. The smallest absolute Gasteiger partial charge is 0.258 e. The van der Waals surface area contributed by atoms with E-state index < -0.39 is 0 Å². The number of nitrogens with one attached hydrogen (secondary N) is 2. The van der Waals surface area contributed by atoms with Crippen LogP contribution < -0.4 is 16.2 Å². The highest BCUT2D eigenvalue weighted by Gasteiger charge is 2.50. The predicted molar refractivity (Wildman–Crippen MR) is 119 cm³/mol. The van der Waals surface area contributed by atoms with E-state index in [1.807, 2.05) is 47.0 Å². The van der Waals surface area contributed by atoms with Crippen molar-refractivity contribution in [2.24, 2.45) is 17.8 Å². The van der Waals surface area contributed by atoms with Crippen molar-refractivity contribution in [3.63, 3.8) is 0 Å². The Kier molecular flexibility index (Phi) is 5.67. The third-order valence-corrected chi connectivity index (χ3v) is 7.52. The number of amides is 1. The Morgan fingerprint density at radius 2 is 1.87 bits per heavy atom. The molecule has 0 radical (unpaired) electrons. The van der Waals surface area contributed by atoms with Crippen LogP contribution in [0.25, 0.3) is 11.1 Å². The number of nitrogens with zero attached hydrogens (tertiary/aromatic N) is 1. The van der Waals surface area contributed by atoms with E-state index in [4.69, 9.17) is 0 Å². The number of fused-ring (bicyclic) bond motifs is 4. The zero-order valence-corrected chi connectivity index (χ0v) is 17.8. The summed E-state index contributed by atoms with van der Waals surface area (Å²) in [5.41, 5.74) is 2.38. The van der Waals surface area contributed by atoms with E-state index in [0.29, 0.717) is 24.6 Å². The van der Waals surface area contributed by atoms with Gasteiger partial charge in [-0.15, -0.1) is 0 Å². The highest BCUT2D eigenvalue weighted by molar-refractivity contribution is 5.80. The van der Waals surface area contributed by atoms with Crippen LogP contribution in [-0.2, 0) is 11.3 Å². The van der Waals surface area contributed by atoms with Gasteiger partial charge in [0.15, 0.2) is 0 Å². The van der Waals surface area contributed by atoms with Crippen LogP contribution in [-0.4, -0.2) is 34.8 Å². The number of benzene rings is 1. The van der Waals surface area contributed by atoms with E-state index in [9.17, 15) is 14.7 Å². The summed E-state index contributed by atoms with van der Waals surface area (Å²) in [7, 11) is 0. The van der Waals surface area contributed by atoms with Crippen molar-refractivity contribution in [2.45, 2.75) is 50.7 Å². The van der Waals surface area contributed by atoms with Crippen LogP contribution in [0.3, 0.4) is 0 Å². The average Bonchev–Trinajstić information content (AvgIpc) is 3.12. The van der Waals surface area contributed by atoms with Gasteiger partial charge in [-0.2, -0.15) is 0 Å². The molecule has 0 spiro atoms. The summed E-state index contributed by atoms with van der Waals surface area (Å²) in [4.78, 5) is 26.5. The zero-order chi connectivity index (χ0) is 21.4. The van der Waals surface area contributed by atoms with E-state index >= 15 is 0 Å². The lowest BCUT2D eigenvalue weighted by Crippen LogP contribution is -2.43. The molecule has 3 aliphatic rings. The number of aliphatic hydroxyl groups is 1. The standard InChI is InChI=1S/C25H31N3O3/c29-15-19-20-14-28-21(12-11-18(25(28)31)17-9-5-2-6-10-17)23(27-20)22(19)24(30)26-13-16-7-3-1-4-8-16/h2,5-6,9-12,16,19-20,22-23,27,29H,1,3-4,7-8,13-15H2,(H,26,30)/t19-,20-,22+,23+/m1/s1. The third-order valence-electron chi connectivity index (χ3n) is 7.52. The summed E-state index contributed by atoms with van der Waals surface area (Å²) >= 11 is 0. The monoisotopic (exact) mass is 421 g/mol. The maximum atomic E-state index is 13.3. The van der Waals surface area contributed by atoms with Gasteiger partial charge >= 0.3 is 0 Å². The first kappa shape index (κ1) is 20.5. The molecule has 1 saturated carbocycles. The maximum Gasteiger partial charge on any atom is 0.258 e. The molecule has 0 unspecified atom stereocenters. The summed E-state index contributed by atoms with van der Waals surface area (Å²) < 4.78 is 1.81. The molecule has 6 heteroatoms. The van der Waals surface area contributed by atoms with E-state index in [-0.39, 0.29) is 42.0 Å². The van der Waals surface area contributed by atoms with Gasteiger partial charge in [-0.3, -0.25) is 9.59 Å². The summed E-state index contributed by atoms with van der Waals surface area (Å²) in [6, 6.07) is 13.2. The summed E-state index contributed by atoms with van der Waals surface area (Å²) in [6.45, 7) is 1.12. The minimum Gasteiger partial charge on any atom is -0.396 e. The molecule has 1 aromatic carbocycles. The van der Waals surface area contributed by atoms with Crippen LogP contribution in [0.1, 0.15) is 43.8 Å². The lowest BCUT2D eigenvalue weighted by atomic mass is 9.85. The third kappa shape index (κ3) is 3.72. The van der Waals surface area contributed by atoms with E-state index in [1.165, 1.54) is 32.1 Å². The Hall–Kier alpha value is -2.44. The van der Waals surface area contributed by atoms with Crippen LogP contribution in [0.15, 0.2) is 47.3 Å². The highest BCUT2D eigenvalue weighted by atomic mass is 16.3. The molecule has 2 aromatic rings. The molecule has 3 N–H and O–H groups in total. The van der Waals surface area contributed by atoms with Gasteiger partial charge in [0.1, 0.15) is 0 Å². The minimum atomic E-state index is -0.366. The van der Waals surface area contributed by atoms with Crippen molar-refractivity contribution < 1.29 is 9.90 Å². The molecule has 164 valence electrons. The summed E-state index contributed by atoms with van der Waals surface area (Å²) in [6.07, 6.45) is 6.15. The Balaban J connectivity index is 1.42. The fourth-order valence-corrected chi connectivity index (χ4v) is 5.84. The minimum absolute atomic E-state index is 0.00217. The number of aromatic nitrogens is 1. The molecule has 6 nitrogen and oxygen atoms in total. The van der Waals surface area contributed by atoms with Crippen LogP contribution in [0.5, 0.6) is 0 Å². The normalized spacial score (nSPS) is 27.6. The summed E-state index contributed by atoms with van der Waals surface area (Å²) in [5, 5.41) is 16.8. The number of carbonyl (C=O) groups excluding carboxylic acids is 1. The molecule has 3 heterocycles. The molecule has 2 bridgehead atoms. The molecule has 1 amide bonds. The number of rotatable bonds is 5. The predicted octanol–water partition coefficient (Wildman–Crippen LogP) is 2.46. The second-order valence-corrected chi connectivity index (χ2v) is 9.33. The van der Waals surface area contributed by atoms with Gasteiger partial charge in [-0.05, 0) is 36.5 Å². The first-order valence-electron chi connectivity index (χ1n) is 11.6. The zero-order valence-electron chi connectivity index (χ0n) is 17.8. The van der Waals surface area contributed by atoms with Gasteiger partial charge < -0.3 is 20.3 Å². The van der Waals surface area contributed by atoms with Crippen molar-refractivity contribution in [3.8, 4) is 11.1 Å². The number of hydrogen-bond donors (Lipinski definition) is 3. The van der Waals surface area contributed by atoms with Gasteiger partial charge in [0.25, 0.3) is 5.56 Å². The van der Waals surface area contributed by atoms with Crippen LogP contribution in [0.2, 0.25) is 0 Å². The van der Waals surface area contributed by atoms with Crippen LogP contribution >= 0.6 is 0 Å². The fraction of sp³-hybridized carbons (Fsp3) is 0.520. The Labute approximate surface area is 182 Å². The van der Waals surface area contributed by atoms with Crippen LogP contribution in [0, 0.1) is 17.8 Å². The van der Waals surface area contributed by atoms with Gasteiger partial charge in [-0.1, -0.05) is 49.6 Å². The van der Waals surface area contributed by atoms with Crippen molar-refractivity contribution in [2.75, 3.05) is 13.2 Å². The van der Waals surface area contributed by atoms with Gasteiger partial charge in [0.05, 0.1) is 12.0 Å². The molecular formula is C25H31N3O3. The number of carbonyl (C=O) groups is 1. The van der Waals surface area contributed by atoms with Gasteiger partial charge in [0.2, 0.25) is 5.91 Å². The molecule has 2 aliphatic heterocycles. The SMILES string of the molecule is O=C(NCC1CCCCC1)[C@H]1[C@H](CO)[C@H]2Cn3c(ccc(-c4ccccc4)c3=O)[C@@H]1N2. The second kappa shape index (κ2) is 8.60. The summed E-state index contributed by atoms with van der Waals surface area (Å²) in [5.74, 6) is -0.00912. The molecule has 5 rings (SSSR count). The lowest BCUT2D eigenvalue weighted by Gasteiger charge is -2.28. The molecule has 2 fully saturated rings. The largest absolute Gasteiger partial charge is 0.396 e. The molecule has 31 heavy (non-hydrogen) atoms. The van der Waals surface area contributed by atoms with Crippen LogP contribution in [0.4, 0.5) is 0 Å². The highest BCUT2D eigenvalue weighted by Crippen LogP contribution is 2.41. The average molecular weight is 422 g/mol. The van der Waals surface area contributed by atoms with Gasteiger partial charge in [-0.25, -0.2) is 0 Å². The van der Waals surface area contributed by atoms with E-state index in [2.05, 4.69) is 10.6 Å². The molecular weight excluding hydrogens is 390 g/mol. The quantitative estimate of drug-likeness (QED) is 0.693. The number of aliphatic hydroxyl groups excluding tert-OH is 1. The van der Waals surface area contributed by atoms with E-state index in [1.54, 1.807) is 0 Å². The molecule has 1 saturated heterocycles. The topological polar surface area (TPSA) is 83.4 Å². The van der Waals surface area contributed by atoms with Gasteiger partial charge in [0, 0.05) is 42.9 Å². The Morgan fingerprint density at radius 1 is 1.10 bits per heavy atom. The first-order valence-corrected chi connectivity index (χ1v) is 11.6. The van der Waals surface area contributed by atoms with Crippen molar-refractivity contribution in [1.82, 2.24) is 15.2 Å². The Morgan fingerprint density at radius 3 is 2.61 bits per heavy atom. The van der Waals surface area contributed by atoms with Crippen molar-refractivity contribution in [3.05, 3.63) is 58.5 Å². The molecule has 1 aromatic heterocycles. The van der Waals surface area contributed by atoms with Crippen molar-refractivity contribution >= 4 is 5.91 Å². The molecule has 4 atom stereocenters. The second-order valence-electron chi connectivity index (χ2n) is 9.33. The molecule has 1 aliphatic carbocycles. The number of hydrogen-bond acceptors (Lipinski definition) is 4. The van der Waals surface area contributed by atoms with Crippen molar-refractivity contribution in [1.29, 1.82) is 0 Å². The first-order chi connectivity index (χ1) is 15.2.